The molecule has 0 amide bonds. The van der Waals surface area contributed by atoms with Crippen molar-refractivity contribution in [2.24, 2.45) is 0 Å². The molecule has 4 nitrogen and oxygen atoms in total. The molecule has 0 N–H and O–H groups in total. The average molecular weight is 509 g/mol. The zero-order valence-electron chi connectivity index (χ0n) is 21.3. The van der Waals surface area contributed by atoms with Gasteiger partial charge in [-0.3, -0.25) is 4.40 Å². The zero-order chi connectivity index (χ0) is 25.9. The van der Waals surface area contributed by atoms with Crippen molar-refractivity contribution in [2.75, 3.05) is 0 Å². The second kappa shape index (κ2) is 7.13. The van der Waals surface area contributed by atoms with Gasteiger partial charge in [0.25, 0.3) is 0 Å². The molecule has 40 heavy (non-hydrogen) atoms. The van der Waals surface area contributed by atoms with Crippen molar-refractivity contribution in [3.05, 3.63) is 121 Å². The average Bonchev–Trinajstić information content (AvgIpc) is 3.64. The van der Waals surface area contributed by atoms with Crippen LogP contribution in [0.2, 0.25) is 0 Å². The van der Waals surface area contributed by atoms with E-state index in [-0.39, 0.29) is 0 Å². The molecule has 0 aliphatic carbocycles. The Labute approximate surface area is 227 Å². The largest absolute Gasteiger partial charge is 0.309 e. The monoisotopic (exact) mass is 508 g/mol. The third-order valence-corrected chi connectivity index (χ3v) is 8.59. The van der Waals surface area contributed by atoms with Crippen molar-refractivity contribution in [1.29, 1.82) is 0 Å². The molecule has 0 fully saturated rings. The van der Waals surface area contributed by atoms with Crippen molar-refractivity contribution in [2.45, 2.75) is 0 Å². The molecule has 10 aromatic rings. The Balaban J connectivity index is 1.44. The molecule has 0 radical (unpaired) electrons. The van der Waals surface area contributed by atoms with E-state index >= 15 is 0 Å². The SMILES string of the molecule is c1ccc2c(c1)ccc1c2c2ccccc2n1-c1cc2c3ccccc3n3c4nc5ccccc5nc4c(c1)c23. The number of nitrogens with zero attached hydrogens (tertiary/aromatic N) is 4. The number of rotatable bonds is 1. The highest BCUT2D eigenvalue weighted by Crippen LogP contribution is 2.42. The maximum absolute atomic E-state index is 5.17. The van der Waals surface area contributed by atoms with Gasteiger partial charge in [0.15, 0.2) is 5.65 Å². The number of fused-ring (bicyclic) bond motifs is 12. The van der Waals surface area contributed by atoms with Crippen LogP contribution < -0.4 is 0 Å². The smallest absolute Gasteiger partial charge is 0.165 e. The molecule has 0 saturated heterocycles. The highest BCUT2D eigenvalue weighted by Gasteiger charge is 2.22. The molecular formula is C36H20N4. The van der Waals surface area contributed by atoms with Crippen LogP contribution in [0.5, 0.6) is 0 Å². The quantitative estimate of drug-likeness (QED) is 0.222. The van der Waals surface area contributed by atoms with E-state index in [0.29, 0.717) is 0 Å². The van der Waals surface area contributed by atoms with Crippen LogP contribution >= 0.6 is 0 Å². The van der Waals surface area contributed by atoms with Gasteiger partial charge in [0, 0.05) is 32.6 Å². The first-order valence-electron chi connectivity index (χ1n) is 13.6. The van der Waals surface area contributed by atoms with Crippen molar-refractivity contribution in [1.82, 2.24) is 18.9 Å². The van der Waals surface area contributed by atoms with Crippen molar-refractivity contribution in [3.8, 4) is 5.69 Å². The van der Waals surface area contributed by atoms with Crippen LogP contribution in [0.25, 0.3) is 87.7 Å². The van der Waals surface area contributed by atoms with Gasteiger partial charge in [-0.1, -0.05) is 78.9 Å². The Bertz CT molecular complexity index is 2660. The minimum Gasteiger partial charge on any atom is -0.309 e. The second-order valence-electron chi connectivity index (χ2n) is 10.7. The van der Waals surface area contributed by atoms with E-state index in [4.69, 9.17) is 9.97 Å². The summed E-state index contributed by atoms with van der Waals surface area (Å²) >= 11 is 0. The Morgan fingerprint density at radius 1 is 0.475 bits per heavy atom. The molecule has 0 aliphatic rings. The molecule has 0 saturated carbocycles. The standard InChI is InChI=1S/C36H20N4/c1-2-10-23-21(9-1)17-18-32-33(23)25-12-4-8-16-31(25)39(32)22-19-26-24-11-3-7-15-30(24)40-35(26)27(20-22)34-36(40)38-29-14-6-5-13-28(29)37-34/h1-20H. The molecule has 4 heteroatoms. The minimum atomic E-state index is 0.908. The van der Waals surface area contributed by atoms with Crippen LogP contribution in [-0.2, 0) is 0 Å². The summed E-state index contributed by atoms with van der Waals surface area (Å²) < 4.78 is 4.73. The zero-order valence-corrected chi connectivity index (χ0v) is 21.3. The van der Waals surface area contributed by atoms with Crippen LogP contribution in [-0.4, -0.2) is 18.9 Å². The predicted molar refractivity (Wildman–Crippen MR) is 166 cm³/mol. The van der Waals surface area contributed by atoms with E-state index < -0.39 is 0 Å². The Hall–Kier alpha value is -5.48. The van der Waals surface area contributed by atoms with Crippen molar-refractivity contribution in [3.63, 3.8) is 0 Å². The van der Waals surface area contributed by atoms with Crippen LogP contribution in [0.1, 0.15) is 0 Å². The predicted octanol–water partition coefficient (Wildman–Crippen LogP) is 9.03. The first kappa shape index (κ1) is 20.5. The topological polar surface area (TPSA) is 35.1 Å². The summed E-state index contributed by atoms with van der Waals surface area (Å²) in [5.41, 5.74) is 9.56. The molecule has 0 atom stereocenters. The third kappa shape index (κ3) is 2.42. The summed E-state index contributed by atoms with van der Waals surface area (Å²) in [6.45, 7) is 0. The van der Waals surface area contributed by atoms with Crippen LogP contribution in [0, 0.1) is 0 Å². The van der Waals surface area contributed by atoms with Crippen LogP contribution in [0.15, 0.2) is 121 Å². The molecular weight excluding hydrogens is 488 g/mol. The number of hydrogen-bond acceptors (Lipinski definition) is 2. The fraction of sp³-hybridized carbons (Fsp3) is 0. The maximum atomic E-state index is 5.17. The van der Waals surface area contributed by atoms with Crippen LogP contribution in [0.3, 0.4) is 0 Å². The Morgan fingerprint density at radius 2 is 1.15 bits per heavy atom. The van der Waals surface area contributed by atoms with Gasteiger partial charge >= 0.3 is 0 Å². The fourth-order valence-electron chi connectivity index (χ4n) is 6.96. The summed E-state index contributed by atoms with van der Waals surface area (Å²) in [4.78, 5) is 10.3. The van der Waals surface area contributed by atoms with Crippen molar-refractivity contribution < 1.29 is 0 Å². The highest BCUT2D eigenvalue weighted by atomic mass is 15.0. The summed E-state index contributed by atoms with van der Waals surface area (Å²) in [5.74, 6) is 0. The van der Waals surface area contributed by atoms with Gasteiger partial charge in [-0.25, -0.2) is 9.97 Å². The number of hydrogen-bond donors (Lipinski definition) is 0. The molecule has 0 bridgehead atoms. The molecule has 6 aromatic carbocycles. The number of aromatic nitrogens is 4. The molecule has 10 rings (SSSR count). The minimum absolute atomic E-state index is 0.908. The van der Waals surface area contributed by atoms with E-state index in [1.807, 2.05) is 24.3 Å². The van der Waals surface area contributed by atoms with Gasteiger partial charge in [0.05, 0.1) is 33.1 Å². The number of benzene rings is 6. The van der Waals surface area contributed by atoms with Crippen LogP contribution in [0.4, 0.5) is 0 Å². The molecule has 0 aliphatic heterocycles. The molecule has 0 unspecified atom stereocenters. The maximum Gasteiger partial charge on any atom is 0.165 e. The van der Waals surface area contributed by atoms with Gasteiger partial charge < -0.3 is 4.57 Å². The summed E-state index contributed by atoms with van der Waals surface area (Å²) in [6.07, 6.45) is 0. The first-order chi connectivity index (χ1) is 19.8. The second-order valence-corrected chi connectivity index (χ2v) is 10.7. The van der Waals surface area contributed by atoms with Gasteiger partial charge in [0.1, 0.15) is 5.52 Å². The molecule has 184 valence electrons. The van der Waals surface area contributed by atoms with Crippen molar-refractivity contribution >= 4 is 82.0 Å². The molecule has 4 aromatic heterocycles. The fourth-order valence-corrected chi connectivity index (χ4v) is 6.96. The number of para-hydroxylation sites is 4. The Kier molecular flexibility index (Phi) is 3.65. The van der Waals surface area contributed by atoms with Gasteiger partial charge in [-0.2, -0.15) is 0 Å². The van der Waals surface area contributed by atoms with E-state index in [1.54, 1.807) is 0 Å². The summed E-state index contributed by atoms with van der Waals surface area (Å²) in [5, 5.41) is 8.67. The summed E-state index contributed by atoms with van der Waals surface area (Å²) in [7, 11) is 0. The van der Waals surface area contributed by atoms with Gasteiger partial charge in [-0.05, 0) is 53.2 Å². The lowest BCUT2D eigenvalue weighted by Crippen LogP contribution is -1.94. The lowest BCUT2D eigenvalue weighted by Gasteiger charge is -2.10. The van der Waals surface area contributed by atoms with E-state index in [9.17, 15) is 0 Å². The van der Waals surface area contributed by atoms with E-state index in [0.717, 1.165) is 38.8 Å². The highest BCUT2D eigenvalue weighted by molar-refractivity contribution is 6.24. The Morgan fingerprint density at radius 3 is 2.02 bits per heavy atom. The van der Waals surface area contributed by atoms with Gasteiger partial charge in [-0.15, -0.1) is 0 Å². The molecule has 0 spiro atoms. The first-order valence-corrected chi connectivity index (χ1v) is 13.6. The van der Waals surface area contributed by atoms with E-state index in [2.05, 4.69) is 106 Å². The molecule has 4 heterocycles. The summed E-state index contributed by atoms with van der Waals surface area (Å²) in [6, 6.07) is 43.4. The lowest BCUT2D eigenvalue weighted by molar-refractivity contribution is 1.19. The lowest BCUT2D eigenvalue weighted by atomic mass is 10.0. The van der Waals surface area contributed by atoms with E-state index in [1.165, 1.54) is 48.9 Å². The third-order valence-electron chi connectivity index (χ3n) is 8.59. The normalized spacial score (nSPS) is 12.5. The van der Waals surface area contributed by atoms with Gasteiger partial charge in [0.2, 0.25) is 0 Å².